The van der Waals surface area contributed by atoms with Gasteiger partial charge in [-0.3, -0.25) is 10.1 Å². The van der Waals surface area contributed by atoms with Gasteiger partial charge in [0, 0.05) is 12.1 Å². The fraction of sp³-hybridized carbons (Fsp3) is 0.538. The predicted octanol–water partition coefficient (Wildman–Crippen LogP) is 3.39. The van der Waals surface area contributed by atoms with Crippen molar-refractivity contribution in [2.75, 3.05) is 11.1 Å². The summed E-state index contributed by atoms with van der Waals surface area (Å²) in [7, 11) is 0. The first-order valence-corrected chi connectivity index (χ1v) is 6.22. The highest BCUT2D eigenvalue weighted by Crippen LogP contribution is 2.36. The maximum absolute atomic E-state index is 11.1. The average molecular weight is 251 g/mol. The molecule has 0 aliphatic heterocycles. The Morgan fingerprint density at radius 3 is 2.39 bits per heavy atom. The van der Waals surface area contributed by atoms with Crippen LogP contribution >= 0.6 is 0 Å². The third-order valence-electron chi connectivity index (χ3n) is 3.40. The number of nitro benzene ring substituents is 1. The number of nitrogens with one attached hydrogen (secondary N) is 1. The van der Waals surface area contributed by atoms with E-state index in [1.807, 2.05) is 27.7 Å². The Morgan fingerprint density at radius 1 is 1.39 bits per heavy atom. The van der Waals surface area contributed by atoms with Crippen molar-refractivity contribution in [3.05, 3.63) is 27.3 Å². The van der Waals surface area contributed by atoms with Gasteiger partial charge in [-0.1, -0.05) is 13.8 Å². The van der Waals surface area contributed by atoms with Gasteiger partial charge in [0.25, 0.3) is 5.69 Å². The van der Waals surface area contributed by atoms with E-state index in [1.54, 1.807) is 6.07 Å². The van der Waals surface area contributed by atoms with E-state index in [0.717, 1.165) is 24.0 Å². The lowest BCUT2D eigenvalue weighted by atomic mass is 10.0. The van der Waals surface area contributed by atoms with Crippen molar-refractivity contribution in [2.45, 2.75) is 46.6 Å². The largest absolute Gasteiger partial charge is 0.397 e. The molecule has 5 nitrogen and oxygen atoms in total. The maximum atomic E-state index is 11.1. The molecule has 0 amide bonds. The van der Waals surface area contributed by atoms with Crippen LogP contribution in [0.5, 0.6) is 0 Å². The molecule has 1 aromatic rings. The Hall–Kier alpha value is -1.78. The van der Waals surface area contributed by atoms with Crippen LogP contribution in [0.2, 0.25) is 0 Å². The molecule has 0 saturated carbocycles. The van der Waals surface area contributed by atoms with Crippen LogP contribution in [-0.4, -0.2) is 11.0 Å². The topological polar surface area (TPSA) is 81.2 Å². The number of anilines is 2. The van der Waals surface area contributed by atoms with Crippen molar-refractivity contribution in [1.29, 1.82) is 0 Å². The number of rotatable bonds is 5. The minimum atomic E-state index is -0.381. The van der Waals surface area contributed by atoms with E-state index in [0.29, 0.717) is 11.4 Å². The third-order valence-corrected chi connectivity index (χ3v) is 3.40. The average Bonchev–Trinajstić information content (AvgIpc) is 2.34. The molecule has 0 heterocycles. The molecule has 0 bridgehead atoms. The summed E-state index contributed by atoms with van der Waals surface area (Å²) >= 11 is 0. The lowest BCUT2D eigenvalue weighted by molar-refractivity contribution is -0.384. The number of hydrogen-bond acceptors (Lipinski definition) is 4. The van der Waals surface area contributed by atoms with Crippen molar-refractivity contribution >= 4 is 17.1 Å². The summed E-state index contributed by atoms with van der Waals surface area (Å²) in [5.74, 6) is 0. The minimum absolute atomic E-state index is 0.0579. The summed E-state index contributed by atoms with van der Waals surface area (Å²) in [5, 5.41) is 14.3. The SMILES string of the molecule is CCC(CC)Nc1c([N+](=O)[O-])cc(C)c(C)c1N. The highest BCUT2D eigenvalue weighted by molar-refractivity contribution is 5.81. The Morgan fingerprint density at radius 2 is 1.94 bits per heavy atom. The highest BCUT2D eigenvalue weighted by Gasteiger charge is 2.21. The van der Waals surface area contributed by atoms with Crippen LogP contribution in [0.4, 0.5) is 17.1 Å². The van der Waals surface area contributed by atoms with Crippen LogP contribution in [-0.2, 0) is 0 Å². The van der Waals surface area contributed by atoms with Gasteiger partial charge in [-0.15, -0.1) is 0 Å². The fourth-order valence-corrected chi connectivity index (χ4v) is 1.92. The van der Waals surface area contributed by atoms with E-state index in [4.69, 9.17) is 5.73 Å². The number of hydrogen-bond donors (Lipinski definition) is 2. The molecule has 100 valence electrons. The highest BCUT2D eigenvalue weighted by atomic mass is 16.6. The molecule has 0 radical (unpaired) electrons. The molecule has 0 aromatic heterocycles. The molecule has 0 spiro atoms. The molecule has 0 saturated heterocycles. The molecule has 0 fully saturated rings. The molecule has 0 unspecified atom stereocenters. The van der Waals surface area contributed by atoms with Gasteiger partial charge in [0.15, 0.2) is 0 Å². The van der Waals surface area contributed by atoms with Crippen molar-refractivity contribution in [3.63, 3.8) is 0 Å². The van der Waals surface area contributed by atoms with Gasteiger partial charge >= 0.3 is 0 Å². The molecular formula is C13H21N3O2. The van der Waals surface area contributed by atoms with Crippen molar-refractivity contribution < 1.29 is 4.92 Å². The van der Waals surface area contributed by atoms with Gasteiger partial charge in [-0.2, -0.15) is 0 Å². The van der Waals surface area contributed by atoms with E-state index in [2.05, 4.69) is 5.32 Å². The zero-order valence-electron chi connectivity index (χ0n) is 11.4. The first-order valence-electron chi connectivity index (χ1n) is 6.22. The second kappa shape index (κ2) is 5.71. The van der Waals surface area contributed by atoms with E-state index in [-0.39, 0.29) is 16.7 Å². The van der Waals surface area contributed by atoms with E-state index in [9.17, 15) is 10.1 Å². The number of aryl methyl sites for hydroxylation is 1. The summed E-state index contributed by atoms with van der Waals surface area (Å²) in [6.07, 6.45) is 1.81. The maximum Gasteiger partial charge on any atom is 0.294 e. The van der Waals surface area contributed by atoms with E-state index >= 15 is 0 Å². The van der Waals surface area contributed by atoms with Crippen LogP contribution in [0.1, 0.15) is 37.8 Å². The van der Waals surface area contributed by atoms with Crippen LogP contribution in [0.3, 0.4) is 0 Å². The summed E-state index contributed by atoms with van der Waals surface area (Å²) in [4.78, 5) is 10.7. The predicted molar refractivity (Wildman–Crippen MR) is 75.0 cm³/mol. The Bertz CT molecular complexity index is 454. The van der Waals surface area contributed by atoms with Crippen molar-refractivity contribution in [1.82, 2.24) is 0 Å². The van der Waals surface area contributed by atoms with E-state index < -0.39 is 0 Å². The summed E-state index contributed by atoms with van der Waals surface area (Å²) in [6, 6.07) is 1.78. The zero-order valence-corrected chi connectivity index (χ0v) is 11.4. The normalized spacial score (nSPS) is 10.7. The van der Waals surface area contributed by atoms with Gasteiger partial charge in [0.2, 0.25) is 0 Å². The molecule has 3 N–H and O–H groups in total. The van der Waals surface area contributed by atoms with Gasteiger partial charge in [-0.05, 0) is 37.8 Å². The second-order valence-corrected chi connectivity index (χ2v) is 4.54. The summed E-state index contributed by atoms with van der Waals surface area (Å²) in [6.45, 7) is 7.81. The van der Waals surface area contributed by atoms with Crippen LogP contribution in [0, 0.1) is 24.0 Å². The molecule has 5 heteroatoms. The third kappa shape index (κ3) is 2.72. The molecule has 0 aliphatic carbocycles. The standard InChI is InChI=1S/C13H21N3O2/c1-5-10(6-2)15-13-11(16(17)18)7-8(3)9(4)12(13)14/h7,10,15H,5-6,14H2,1-4H3. The molecule has 1 rings (SSSR count). The lowest BCUT2D eigenvalue weighted by Crippen LogP contribution is -2.19. The smallest absolute Gasteiger partial charge is 0.294 e. The molecule has 18 heavy (non-hydrogen) atoms. The number of benzene rings is 1. The summed E-state index contributed by atoms with van der Waals surface area (Å²) < 4.78 is 0. The molecular weight excluding hydrogens is 230 g/mol. The van der Waals surface area contributed by atoms with Crippen LogP contribution in [0.25, 0.3) is 0 Å². The monoisotopic (exact) mass is 251 g/mol. The van der Waals surface area contributed by atoms with Gasteiger partial charge in [-0.25, -0.2) is 0 Å². The number of nitro groups is 1. The first-order chi connectivity index (χ1) is 8.42. The van der Waals surface area contributed by atoms with Crippen molar-refractivity contribution in [2.24, 2.45) is 0 Å². The molecule has 0 atom stereocenters. The molecule has 0 aliphatic rings. The quantitative estimate of drug-likeness (QED) is 0.477. The Kier molecular flexibility index (Phi) is 4.53. The Labute approximate surface area is 108 Å². The number of nitrogens with zero attached hydrogens (tertiary/aromatic N) is 1. The van der Waals surface area contributed by atoms with Gasteiger partial charge in [0.05, 0.1) is 10.6 Å². The van der Waals surface area contributed by atoms with Crippen molar-refractivity contribution in [3.8, 4) is 0 Å². The zero-order chi connectivity index (χ0) is 13.9. The van der Waals surface area contributed by atoms with Crippen LogP contribution in [0.15, 0.2) is 6.07 Å². The van der Waals surface area contributed by atoms with Gasteiger partial charge < -0.3 is 11.1 Å². The number of nitrogen functional groups attached to an aromatic ring is 1. The van der Waals surface area contributed by atoms with Crippen LogP contribution < -0.4 is 11.1 Å². The minimum Gasteiger partial charge on any atom is -0.397 e. The molecule has 1 aromatic carbocycles. The second-order valence-electron chi connectivity index (χ2n) is 4.54. The number of nitrogens with two attached hydrogens (primary N) is 1. The van der Waals surface area contributed by atoms with E-state index in [1.165, 1.54) is 0 Å². The Balaban J connectivity index is 3.31. The lowest BCUT2D eigenvalue weighted by Gasteiger charge is -2.19. The summed E-state index contributed by atoms with van der Waals surface area (Å²) in [5.41, 5.74) is 8.75. The van der Waals surface area contributed by atoms with Gasteiger partial charge in [0.1, 0.15) is 5.69 Å². The first kappa shape index (κ1) is 14.3. The fourth-order valence-electron chi connectivity index (χ4n) is 1.92.